The first kappa shape index (κ1) is 15.0. The van der Waals surface area contributed by atoms with Gasteiger partial charge in [0.25, 0.3) is 0 Å². The van der Waals surface area contributed by atoms with E-state index in [4.69, 9.17) is 5.73 Å². The maximum atomic E-state index is 11.7. The quantitative estimate of drug-likeness (QED) is 0.795. The predicted molar refractivity (Wildman–Crippen MR) is 75.5 cm³/mol. The highest BCUT2D eigenvalue weighted by Crippen LogP contribution is 2.22. The van der Waals surface area contributed by atoms with Crippen molar-refractivity contribution in [2.45, 2.75) is 37.1 Å². The molecule has 0 bridgehead atoms. The molecule has 0 heterocycles. The van der Waals surface area contributed by atoms with Crippen LogP contribution in [0.4, 0.5) is 5.69 Å². The van der Waals surface area contributed by atoms with Gasteiger partial charge < -0.3 is 11.1 Å². The first-order chi connectivity index (χ1) is 8.49. The van der Waals surface area contributed by atoms with Gasteiger partial charge in [0.05, 0.1) is 10.6 Å². The van der Waals surface area contributed by atoms with Gasteiger partial charge in [-0.15, -0.1) is 0 Å². The minimum Gasteiger partial charge on any atom is -0.380 e. The zero-order valence-electron chi connectivity index (χ0n) is 11.0. The summed E-state index contributed by atoms with van der Waals surface area (Å²) in [5.74, 6) is 0. The van der Waals surface area contributed by atoms with Crippen molar-refractivity contribution in [3.8, 4) is 0 Å². The molecule has 0 radical (unpaired) electrons. The molecule has 4 nitrogen and oxygen atoms in total. The first-order valence-corrected chi connectivity index (χ1v) is 8.13. The van der Waals surface area contributed by atoms with Crippen LogP contribution in [-0.4, -0.2) is 27.3 Å². The van der Waals surface area contributed by atoms with Crippen LogP contribution in [0, 0.1) is 0 Å². The lowest BCUT2D eigenvalue weighted by Crippen LogP contribution is -2.29. The topological polar surface area (TPSA) is 72.2 Å². The average molecular weight is 270 g/mol. The molecule has 0 aliphatic heterocycles. The van der Waals surface area contributed by atoms with E-state index >= 15 is 0 Å². The molecule has 0 aromatic heterocycles. The third-order valence-electron chi connectivity index (χ3n) is 2.84. The number of nitrogens with one attached hydrogen (secondary N) is 1. The predicted octanol–water partition coefficient (Wildman–Crippen LogP) is 2.02. The number of hydrogen-bond acceptors (Lipinski definition) is 4. The third-order valence-corrected chi connectivity index (χ3v) is 3.99. The Morgan fingerprint density at radius 3 is 2.56 bits per heavy atom. The van der Waals surface area contributed by atoms with Gasteiger partial charge in [-0.05, 0) is 18.6 Å². The van der Waals surface area contributed by atoms with Gasteiger partial charge in [0, 0.05) is 18.8 Å². The smallest absolute Gasteiger partial charge is 0.177 e. The van der Waals surface area contributed by atoms with E-state index < -0.39 is 9.84 Å². The highest BCUT2D eigenvalue weighted by atomic mass is 32.2. The van der Waals surface area contributed by atoms with Crippen molar-refractivity contribution in [1.29, 1.82) is 0 Å². The highest BCUT2D eigenvalue weighted by molar-refractivity contribution is 7.90. The van der Waals surface area contributed by atoms with E-state index in [2.05, 4.69) is 12.2 Å². The summed E-state index contributed by atoms with van der Waals surface area (Å²) in [5, 5.41) is 3.23. The summed E-state index contributed by atoms with van der Waals surface area (Å²) >= 11 is 0. The zero-order chi connectivity index (χ0) is 13.6. The van der Waals surface area contributed by atoms with E-state index in [9.17, 15) is 8.42 Å². The third kappa shape index (κ3) is 4.31. The van der Waals surface area contributed by atoms with E-state index in [0.29, 0.717) is 17.1 Å². The van der Waals surface area contributed by atoms with Gasteiger partial charge in [-0.2, -0.15) is 0 Å². The van der Waals surface area contributed by atoms with E-state index in [0.717, 1.165) is 19.3 Å². The van der Waals surface area contributed by atoms with E-state index in [1.165, 1.54) is 6.26 Å². The van der Waals surface area contributed by atoms with Gasteiger partial charge in [-0.25, -0.2) is 8.42 Å². The molecule has 0 aliphatic rings. The van der Waals surface area contributed by atoms with Crippen molar-refractivity contribution in [2.24, 2.45) is 5.73 Å². The average Bonchev–Trinajstić information content (AvgIpc) is 2.33. The van der Waals surface area contributed by atoms with Crippen molar-refractivity contribution < 1.29 is 8.42 Å². The summed E-state index contributed by atoms with van der Waals surface area (Å²) in [6, 6.07) is 7.07. The summed E-state index contributed by atoms with van der Waals surface area (Å²) in [6.45, 7) is 2.62. The molecule has 0 fully saturated rings. The van der Waals surface area contributed by atoms with Crippen molar-refractivity contribution >= 4 is 15.5 Å². The normalized spacial score (nSPS) is 13.3. The Morgan fingerprint density at radius 1 is 1.33 bits per heavy atom. The second-order valence-electron chi connectivity index (χ2n) is 4.49. The molecule has 0 spiro atoms. The fourth-order valence-electron chi connectivity index (χ4n) is 1.83. The van der Waals surface area contributed by atoms with Gasteiger partial charge in [-0.3, -0.25) is 0 Å². The van der Waals surface area contributed by atoms with Gasteiger partial charge in [0.15, 0.2) is 9.84 Å². The summed E-state index contributed by atoms with van der Waals surface area (Å²) in [6.07, 6.45) is 4.35. The summed E-state index contributed by atoms with van der Waals surface area (Å²) in [4.78, 5) is 0.333. The Morgan fingerprint density at radius 2 is 2.00 bits per heavy atom. The molecule has 0 amide bonds. The van der Waals surface area contributed by atoms with Crippen LogP contribution in [0.5, 0.6) is 0 Å². The second-order valence-corrected chi connectivity index (χ2v) is 6.47. The number of rotatable bonds is 7. The maximum absolute atomic E-state index is 11.7. The van der Waals surface area contributed by atoms with Crippen LogP contribution in [0.3, 0.4) is 0 Å². The van der Waals surface area contributed by atoms with Gasteiger partial charge >= 0.3 is 0 Å². The van der Waals surface area contributed by atoms with Crippen LogP contribution >= 0.6 is 0 Å². The number of sulfone groups is 1. The number of anilines is 1. The molecule has 1 aromatic rings. The molecule has 1 unspecified atom stereocenters. The van der Waals surface area contributed by atoms with E-state index in [1.807, 2.05) is 6.07 Å². The van der Waals surface area contributed by atoms with Gasteiger partial charge in [0.1, 0.15) is 0 Å². The van der Waals surface area contributed by atoms with Crippen molar-refractivity contribution in [3.63, 3.8) is 0 Å². The molecule has 0 saturated heterocycles. The van der Waals surface area contributed by atoms with Crippen molar-refractivity contribution in [1.82, 2.24) is 0 Å². The summed E-state index contributed by atoms with van der Waals surface area (Å²) in [7, 11) is -3.21. The fraction of sp³-hybridized carbons (Fsp3) is 0.538. The lowest BCUT2D eigenvalue weighted by Gasteiger charge is -2.19. The molecule has 18 heavy (non-hydrogen) atoms. The summed E-state index contributed by atoms with van der Waals surface area (Å²) < 4.78 is 23.3. The molecule has 1 rings (SSSR count). The largest absolute Gasteiger partial charge is 0.380 e. The van der Waals surface area contributed by atoms with E-state index in [1.54, 1.807) is 18.2 Å². The summed E-state index contributed by atoms with van der Waals surface area (Å²) in [5.41, 5.74) is 6.35. The number of unbranched alkanes of at least 4 members (excludes halogenated alkanes) is 1. The first-order valence-electron chi connectivity index (χ1n) is 6.24. The minimum absolute atomic E-state index is 0.118. The Balaban J connectivity index is 2.89. The second kappa shape index (κ2) is 6.75. The van der Waals surface area contributed by atoms with Crippen LogP contribution in [0.1, 0.15) is 26.2 Å². The van der Waals surface area contributed by atoms with Crippen LogP contribution in [0.15, 0.2) is 29.2 Å². The fourth-order valence-corrected chi connectivity index (χ4v) is 2.68. The molecular formula is C13H22N2O2S. The molecule has 3 N–H and O–H groups in total. The van der Waals surface area contributed by atoms with Crippen LogP contribution in [0.25, 0.3) is 0 Å². The Kier molecular flexibility index (Phi) is 5.62. The Hall–Kier alpha value is -1.07. The van der Waals surface area contributed by atoms with E-state index in [-0.39, 0.29) is 6.04 Å². The molecule has 102 valence electrons. The van der Waals surface area contributed by atoms with Crippen LogP contribution < -0.4 is 11.1 Å². The molecule has 1 atom stereocenters. The molecular weight excluding hydrogens is 248 g/mol. The molecule has 5 heteroatoms. The number of para-hydroxylation sites is 1. The monoisotopic (exact) mass is 270 g/mol. The minimum atomic E-state index is -3.21. The Labute approximate surface area is 110 Å². The van der Waals surface area contributed by atoms with Gasteiger partial charge in [0.2, 0.25) is 0 Å². The van der Waals surface area contributed by atoms with Crippen LogP contribution in [0.2, 0.25) is 0 Å². The SMILES string of the molecule is CCCCC(CN)Nc1ccccc1S(C)(=O)=O. The molecule has 0 saturated carbocycles. The molecule has 1 aromatic carbocycles. The number of hydrogen-bond donors (Lipinski definition) is 2. The van der Waals surface area contributed by atoms with Crippen LogP contribution in [-0.2, 0) is 9.84 Å². The number of benzene rings is 1. The lowest BCUT2D eigenvalue weighted by molar-refractivity contribution is 0.599. The van der Waals surface area contributed by atoms with Crippen molar-refractivity contribution in [3.05, 3.63) is 24.3 Å². The van der Waals surface area contributed by atoms with Gasteiger partial charge in [-0.1, -0.05) is 31.9 Å². The number of nitrogens with two attached hydrogens (primary N) is 1. The lowest BCUT2D eigenvalue weighted by atomic mass is 10.1. The standard InChI is InChI=1S/C13H22N2O2S/c1-3-4-7-11(10-14)15-12-8-5-6-9-13(12)18(2,16)17/h5-6,8-9,11,15H,3-4,7,10,14H2,1-2H3. The van der Waals surface area contributed by atoms with Crippen molar-refractivity contribution in [2.75, 3.05) is 18.1 Å². The molecule has 0 aliphatic carbocycles. The Bertz CT molecular complexity index is 472. The zero-order valence-corrected chi connectivity index (χ0v) is 11.8. The highest BCUT2D eigenvalue weighted by Gasteiger charge is 2.14. The maximum Gasteiger partial charge on any atom is 0.177 e.